The van der Waals surface area contributed by atoms with Gasteiger partial charge in [-0.2, -0.15) is 0 Å². The second-order valence-electron chi connectivity index (χ2n) is 8.15. The Bertz CT molecular complexity index is 1490. The van der Waals surface area contributed by atoms with E-state index in [1.807, 2.05) is 31.2 Å². The number of hydrogen-bond donors (Lipinski definition) is 0. The van der Waals surface area contributed by atoms with Gasteiger partial charge in [0.15, 0.2) is 0 Å². The first-order chi connectivity index (χ1) is 17.9. The summed E-state index contributed by atoms with van der Waals surface area (Å²) in [5.41, 5.74) is 1.91. The van der Waals surface area contributed by atoms with Crippen LogP contribution in [0.15, 0.2) is 65.5 Å². The number of hydrogen-bond acceptors (Lipinski definition) is 7. The Kier molecular flexibility index (Phi) is 7.67. The van der Waals surface area contributed by atoms with Crippen LogP contribution in [0, 0.1) is 0 Å². The zero-order chi connectivity index (χ0) is 26.5. The van der Waals surface area contributed by atoms with Gasteiger partial charge in [-0.15, -0.1) is 0 Å². The molecule has 0 radical (unpaired) electrons. The van der Waals surface area contributed by atoms with Gasteiger partial charge in [-0.1, -0.05) is 12.1 Å². The molecule has 0 aliphatic carbocycles. The average molecular weight is 504 g/mol. The Labute approximate surface area is 214 Å². The van der Waals surface area contributed by atoms with Crippen LogP contribution in [-0.2, 0) is 11.3 Å². The summed E-state index contributed by atoms with van der Waals surface area (Å²) in [5.74, 6) is 1.75. The molecule has 0 saturated heterocycles. The van der Waals surface area contributed by atoms with E-state index in [-0.39, 0.29) is 12.1 Å². The monoisotopic (exact) mass is 503 g/mol. The average Bonchev–Trinajstić information content (AvgIpc) is 2.93. The summed E-state index contributed by atoms with van der Waals surface area (Å²) in [4.78, 5) is 27.1. The minimum Gasteiger partial charge on any atom is -0.497 e. The molecule has 8 nitrogen and oxygen atoms in total. The molecule has 0 unspecified atom stereocenters. The highest BCUT2D eigenvalue weighted by atomic mass is 16.5. The van der Waals surface area contributed by atoms with Crippen molar-refractivity contribution in [3.8, 4) is 34.1 Å². The van der Waals surface area contributed by atoms with Gasteiger partial charge >= 0.3 is 5.97 Å². The third-order valence-electron chi connectivity index (χ3n) is 6.13. The molecule has 3 aromatic carbocycles. The number of carbonyl (C=O) groups is 1. The molecule has 0 fully saturated rings. The second-order valence-corrected chi connectivity index (χ2v) is 8.15. The highest BCUT2D eigenvalue weighted by Gasteiger charge is 2.25. The van der Waals surface area contributed by atoms with E-state index in [4.69, 9.17) is 23.7 Å². The third kappa shape index (κ3) is 4.95. The van der Waals surface area contributed by atoms with Crippen molar-refractivity contribution in [3.63, 3.8) is 0 Å². The van der Waals surface area contributed by atoms with Gasteiger partial charge < -0.3 is 28.3 Å². The van der Waals surface area contributed by atoms with Crippen LogP contribution in [0.3, 0.4) is 0 Å². The normalized spacial score (nSPS) is 10.7. The lowest BCUT2D eigenvalue weighted by Gasteiger charge is -2.19. The van der Waals surface area contributed by atoms with E-state index in [1.54, 1.807) is 62.3 Å². The van der Waals surface area contributed by atoms with E-state index in [9.17, 15) is 9.59 Å². The molecule has 0 spiro atoms. The molecular formula is C29H29NO7. The summed E-state index contributed by atoms with van der Waals surface area (Å²) >= 11 is 0. The molecule has 4 aromatic rings. The van der Waals surface area contributed by atoms with Crippen molar-refractivity contribution in [3.05, 3.63) is 82.1 Å². The fraction of sp³-hybridized carbons (Fsp3) is 0.241. The maximum Gasteiger partial charge on any atom is 0.344 e. The number of carbonyl (C=O) groups excluding carboxylic acids is 1. The number of rotatable bonds is 9. The number of pyridine rings is 1. The predicted octanol–water partition coefficient (Wildman–Crippen LogP) is 4.93. The molecule has 0 aliphatic rings. The first kappa shape index (κ1) is 25.6. The lowest BCUT2D eigenvalue weighted by atomic mass is 9.95. The van der Waals surface area contributed by atoms with Gasteiger partial charge in [-0.05, 0) is 61.0 Å². The van der Waals surface area contributed by atoms with E-state index in [0.717, 1.165) is 0 Å². The van der Waals surface area contributed by atoms with E-state index in [2.05, 4.69) is 0 Å². The lowest BCUT2D eigenvalue weighted by Crippen LogP contribution is -2.29. The summed E-state index contributed by atoms with van der Waals surface area (Å²) in [6.07, 6.45) is 0. The van der Waals surface area contributed by atoms with E-state index < -0.39 is 11.5 Å². The molecule has 0 amide bonds. The molecule has 1 heterocycles. The van der Waals surface area contributed by atoms with Crippen molar-refractivity contribution >= 4 is 16.9 Å². The summed E-state index contributed by atoms with van der Waals surface area (Å²) in [5, 5.41) is 0.665. The Hall–Kier alpha value is -4.46. The molecule has 4 rings (SSSR count). The van der Waals surface area contributed by atoms with Gasteiger partial charge in [0.2, 0.25) is 0 Å². The standard InChI is InChI=1S/C29H29NO7/c1-6-37-22-11-13-24-23(16-22)26(18-7-9-20(33-2)10-8-18)27(29(32)36-5)28(31)30(24)17-19-15-21(34-3)12-14-25(19)35-4/h7-16H,6,17H2,1-5H3. The third-order valence-corrected chi connectivity index (χ3v) is 6.13. The Morgan fingerprint density at radius 1 is 0.811 bits per heavy atom. The first-order valence-electron chi connectivity index (χ1n) is 11.7. The fourth-order valence-electron chi connectivity index (χ4n) is 4.37. The largest absolute Gasteiger partial charge is 0.497 e. The SMILES string of the molecule is CCOc1ccc2c(c1)c(-c1ccc(OC)cc1)c(C(=O)OC)c(=O)n2Cc1cc(OC)ccc1OC. The Morgan fingerprint density at radius 3 is 2.11 bits per heavy atom. The van der Waals surface area contributed by atoms with Crippen molar-refractivity contribution in [1.29, 1.82) is 0 Å². The van der Waals surface area contributed by atoms with Crippen LogP contribution in [0.1, 0.15) is 22.8 Å². The molecule has 192 valence electrons. The number of aromatic nitrogens is 1. The summed E-state index contributed by atoms with van der Waals surface area (Å²) in [6.45, 7) is 2.49. The first-order valence-corrected chi connectivity index (χ1v) is 11.7. The molecule has 0 N–H and O–H groups in total. The summed E-state index contributed by atoms with van der Waals surface area (Å²) < 4.78 is 28.6. The highest BCUT2D eigenvalue weighted by Crippen LogP contribution is 2.35. The Morgan fingerprint density at radius 2 is 1.49 bits per heavy atom. The van der Waals surface area contributed by atoms with Crippen LogP contribution < -0.4 is 24.5 Å². The van der Waals surface area contributed by atoms with Crippen molar-refractivity contribution in [2.24, 2.45) is 0 Å². The maximum absolute atomic E-state index is 14.0. The molecule has 0 aliphatic heterocycles. The maximum atomic E-state index is 14.0. The smallest absolute Gasteiger partial charge is 0.344 e. The minimum absolute atomic E-state index is 0.0734. The van der Waals surface area contributed by atoms with Crippen LogP contribution in [0.4, 0.5) is 0 Å². The molecule has 8 heteroatoms. The van der Waals surface area contributed by atoms with Gasteiger partial charge in [0.05, 0.1) is 47.1 Å². The molecule has 37 heavy (non-hydrogen) atoms. The van der Waals surface area contributed by atoms with Crippen LogP contribution in [-0.4, -0.2) is 45.6 Å². The Balaban J connectivity index is 2.08. The van der Waals surface area contributed by atoms with Crippen LogP contribution >= 0.6 is 0 Å². The molecule has 1 aromatic heterocycles. The second kappa shape index (κ2) is 11.1. The molecule has 0 saturated carbocycles. The van der Waals surface area contributed by atoms with Gasteiger partial charge in [0.1, 0.15) is 28.6 Å². The predicted molar refractivity (Wildman–Crippen MR) is 141 cm³/mol. The van der Waals surface area contributed by atoms with E-state index in [0.29, 0.717) is 57.2 Å². The topological polar surface area (TPSA) is 85.2 Å². The number of esters is 1. The van der Waals surface area contributed by atoms with E-state index in [1.165, 1.54) is 7.11 Å². The number of benzene rings is 3. The quantitative estimate of drug-likeness (QED) is 0.300. The van der Waals surface area contributed by atoms with Crippen LogP contribution in [0.2, 0.25) is 0 Å². The van der Waals surface area contributed by atoms with Crippen molar-refractivity contribution in [1.82, 2.24) is 4.57 Å². The number of fused-ring (bicyclic) bond motifs is 1. The molecule has 0 bridgehead atoms. The van der Waals surface area contributed by atoms with Crippen molar-refractivity contribution < 1.29 is 28.5 Å². The fourth-order valence-corrected chi connectivity index (χ4v) is 4.37. The number of ether oxygens (including phenoxy) is 5. The highest BCUT2D eigenvalue weighted by molar-refractivity contribution is 6.07. The molecule has 0 atom stereocenters. The van der Waals surface area contributed by atoms with Gasteiger partial charge in [0.25, 0.3) is 5.56 Å². The van der Waals surface area contributed by atoms with Crippen LogP contribution in [0.25, 0.3) is 22.0 Å². The summed E-state index contributed by atoms with van der Waals surface area (Å²) in [7, 11) is 5.97. The molecular weight excluding hydrogens is 474 g/mol. The van der Waals surface area contributed by atoms with Gasteiger partial charge in [-0.25, -0.2) is 4.79 Å². The zero-order valence-corrected chi connectivity index (χ0v) is 21.5. The van der Waals surface area contributed by atoms with Gasteiger partial charge in [0, 0.05) is 16.5 Å². The van der Waals surface area contributed by atoms with Crippen molar-refractivity contribution in [2.75, 3.05) is 35.0 Å². The summed E-state index contributed by atoms with van der Waals surface area (Å²) in [6, 6.07) is 18.0. The van der Waals surface area contributed by atoms with Crippen LogP contribution in [0.5, 0.6) is 23.0 Å². The number of nitrogens with zero attached hydrogens (tertiary/aromatic N) is 1. The number of methoxy groups -OCH3 is 4. The van der Waals surface area contributed by atoms with Gasteiger partial charge in [-0.3, -0.25) is 4.79 Å². The van der Waals surface area contributed by atoms with E-state index >= 15 is 0 Å². The lowest BCUT2D eigenvalue weighted by molar-refractivity contribution is 0.0599. The minimum atomic E-state index is -0.731. The van der Waals surface area contributed by atoms with Crippen molar-refractivity contribution in [2.45, 2.75) is 13.5 Å². The zero-order valence-electron chi connectivity index (χ0n) is 21.5.